The Balaban J connectivity index is 2.23. The highest BCUT2D eigenvalue weighted by Gasteiger charge is 2.38. The van der Waals surface area contributed by atoms with Crippen molar-refractivity contribution in [2.45, 2.75) is 32.1 Å². The first-order valence-corrected chi connectivity index (χ1v) is 7.03. The maximum Gasteiger partial charge on any atom is 0.274 e. The fourth-order valence-electron chi connectivity index (χ4n) is 2.36. The lowest BCUT2D eigenvalue weighted by atomic mass is 10.0. The largest absolute Gasteiger partial charge is 0.388 e. The Hall–Kier alpha value is -1.57. The molecule has 0 radical (unpaired) electrons. The minimum absolute atomic E-state index is 0.0759. The summed E-state index contributed by atoms with van der Waals surface area (Å²) in [6, 6.07) is 2.62. The third kappa shape index (κ3) is 3.75. The number of aliphatic hydroxyl groups excluding tert-OH is 2. The van der Waals surface area contributed by atoms with Crippen LogP contribution in [0.1, 0.15) is 24.3 Å². The van der Waals surface area contributed by atoms with E-state index in [1.807, 2.05) is 13.8 Å². The van der Waals surface area contributed by atoms with E-state index < -0.39 is 18.2 Å². The summed E-state index contributed by atoms with van der Waals surface area (Å²) in [5, 5.41) is 27.4. The number of carbonyl (C=O) groups excluding carboxylic acids is 1. The second-order valence-electron chi connectivity index (χ2n) is 5.62. The standard InChI is InChI=1S/C14H21N3O4/c1-9(2)6-17(11-7-21-8-12(18)13(11)19)14(20)10-4-3-5-15-16-10/h3-5,9,11-13,18-19H,6-8H2,1-2H3/t11-,12-,13+/m1/s1. The lowest BCUT2D eigenvalue weighted by Crippen LogP contribution is -2.58. The third-order valence-corrected chi connectivity index (χ3v) is 3.38. The molecule has 116 valence electrons. The van der Waals surface area contributed by atoms with Crippen LogP contribution in [0.3, 0.4) is 0 Å². The molecular formula is C14H21N3O4. The van der Waals surface area contributed by atoms with Crippen LogP contribution >= 0.6 is 0 Å². The molecular weight excluding hydrogens is 274 g/mol. The number of aromatic nitrogens is 2. The molecule has 7 nitrogen and oxygen atoms in total. The molecule has 7 heteroatoms. The number of carbonyl (C=O) groups is 1. The van der Waals surface area contributed by atoms with Gasteiger partial charge < -0.3 is 19.8 Å². The van der Waals surface area contributed by atoms with Gasteiger partial charge >= 0.3 is 0 Å². The average molecular weight is 295 g/mol. The summed E-state index contributed by atoms with van der Waals surface area (Å²) in [5.74, 6) is -0.115. The highest BCUT2D eigenvalue weighted by molar-refractivity contribution is 5.92. The van der Waals surface area contributed by atoms with E-state index in [0.29, 0.717) is 6.54 Å². The van der Waals surface area contributed by atoms with Gasteiger partial charge in [-0.05, 0) is 18.1 Å². The second-order valence-corrected chi connectivity index (χ2v) is 5.62. The van der Waals surface area contributed by atoms with E-state index in [4.69, 9.17) is 4.74 Å². The van der Waals surface area contributed by atoms with Gasteiger partial charge in [-0.25, -0.2) is 0 Å². The van der Waals surface area contributed by atoms with Crippen LogP contribution in [0.5, 0.6) is 0 Å². The average Bonchev–Trinajstić information content (AvgIpc) is 2.48. The highest BCUT2D eigenvalue weighted by atomic mass is 16.5. The zero-order valence-corrected chi connectivity index (χ0v) is 12.2. The van der Waals surface area contributed by atoms with Crippen molar-refractivity contribution in [3.63, 3.8) is 0 Å². The summed E-state index contributed by atoms with van der Waals surface area (Å²) in [4.78, 5) is 14.1. The van der Waals surface area contributed by atoms with Gasteiger partial charge in [0, 0.05) is 12.7 Å². The van der Waals surface area contributed by atoms with E-state index in [9.17, 15) is 15.0 Å². The van der Waals surface area contributed by atoms with Gasteiger partial charge in [-0.3, -0.25) is 4.79 Å². The molecule has 0 bridgehead atoms. The number of hydrogen-bond donors (Lipinski definition) is 2. The van der Waals surface area contributed by atoms with Crippen LogP contribution in [0.2, 0.25) is 0 Å². The van der Waals surface area contributed by atoms with Crippen molar-refractivity contribution in [2.75, 3.05) is 19.8 Å². The van der Waals surface area contributed by atoms with Gasteiger partial charge in [-0.2, -0.15) is 5.10 Å². The Morgan fingerprint density at radius 3 is 2.86 bits per heavy atom. The molecule has 1 saturated heterocycles. The molecule has 0 unspecified atom stereocenters. The zero-order chi connectivity index (χ0) is 15.4. The number of aliphatic hydroxyl groups is 2. The summed E-state index contributed by atoms with van der Waals surface area (Å²) in [6.45, 7) is 4.66. The number of ether oxygens (including phenoxy) is 1. The van der Waals surface area contributed by atoms with E-state index in [-0.39, 0.29) is 30.7 Å². The first-order valence-electron chi connectivity index (χ1n) is 7.03. The maximum absolute atomic E-state index is 12.6. The van der Waals surface area contributed by atoms with Crippen molar-refractivity contribution >= 4 is 5.91 Å². The van der Waals surface area contributed by atoms with Gasteiger partial charge in [0.2, 0.25) is 0 Å². The fraction of sp³-hybridized carbons (Fsp3) is 0.643. The van der Waals surface area contributed by atoms with Crippen LogP contribution in [-0.2, 0) is 4.74 Å². The van der Waals surface area contributed by atoms with Gasteiger partial charge in [-0.15, -0.1) is 5.10 Å². The molecule has 1 aromatic rings. The normalized spacial score (nSPS) is 25.9. The van der Waals surface area contributed by atoms with Crippen molar-refractivity contribution < 1.29 is 19.7 Å². The minimum Gasteiger partial charge on any atom is -0.388 e. The molecule has 0 saturated carbocycles. The molecule has 0 aliphatic carbocycles. The molecule has 3 atom stereocenters. The third-order valence-electron chi connectivity index (χ3n) is 3.38. The zero-order valence-electron chi connectivity index (χ0n) is 12.2. The van der Waals surface area contributed by atoms with Gasteiger partial charge in [0.15, 0.2) is 5.69 Å². The molecule has 21 heavy (non-hydrogen) atoms. The van der Waals surface area contributed by atoms with Crippen molar-refractivity contribution in [3.05, 3.63) is 24.0 Å². The van der Waals surface area contributed by atoms with E-state index in [2.05, 4.69) is 10.2 Å². The van der Waals surface area contributed by atoms with Crippen molar-refractivity contribution in [2.24, 2.45) is 5.92 Å². The van der Waals surface area contributed by atoms with E-state index in [1.54, 1.807) is 12.1 Å². The molecule has 0 spiro atoms. The minimum atomic E-state index is -1.03. The van der Waals surface area contributed by atoms with Crippen LogP contribution in [-0.4, -0.2) is 69.2 Å². The highest BCUT2D eigenvalue weighted by Crippen LogP contribution is 2.18. The van der Waals surface area contributed by atoms with Crippen molar-refractivity contribution in [1.29, 1.82) is 0 Å². The lowest BCUT2D eigenvalue weighted by Gasteiger charge is -2.40. The number of hydrogen-bond acceptors (Lipinski definition) is 6. The second kappa shape index (κ2) is 6.93. The number of amides is 1. The monoisotopic (exact) mass is 295 g/mol. The summed E-state index contributed by atoms with van der Waals surface area (Å²) >= 11 is 0. The smallest absolute Gasteiger partial charge is 0.274 e. The molecule has 2 heterocycles. The van der Waals surface area contributed by atoms with Crippen molar-refractivity contribution in [3.8, 4) is 0 Å². The molecule has 2 rings (SSSR count). The van der Waals surface area contributed by atoms with Gasteiger partial charge in [0.05, 0.1) is 19.3 Å². The topological polar surface area (TPSA) is 95.8 Å². The molecule has 1 aliphatic heterocycles. The predicted molar refractivity (Wildman–Crippen MR) is 74.5 cm³/mol. The molecule has 1 fully saturated rings. The maximum atomic E-state index is 12.6. The first-order chi connectivity index (χ1) is 10.0. The molecule has 2 N–H and O–H groups in total. The molecule has 0 aromatic carbocycles. The van der Waals surface area contributed by atoms with Crippen molar-refractivity contribution in [1.82, 2.24) is 15.1 Å². The Kier molecular flexibility index (Phi) is 5.22. The summed E-state index contributed by atoms with van der Waals surface area (Å²) in [7, 11) is 0. The Morgan fingerprint density at radius 1 is 1.48 bits per heavy atom. The fourth-order valence-corrected chi connectivity index (χ4v) is 2.36. The van der Waals surface area contributed by atoms with E-state index in [0.717, 1.165) is 0 Å². The molecule has 1 amide bonds. The Morgan fingerprint density at radius 2 is 2.24 bits per heavy atom. The Labute approximate surface area is 123 Å². The predicted octanol–water partition coefficient (Wildman–Crippen LogP) is -0.305. The van der Waals surface area contributed by atoms with E-state index in [1.165, 1.54) is 11.1 Å². The summed E-state index contributed by atoms with van der Waals surface area (Å²) in [5.41, 5.74) is 0.213. The summed E-state index contributed by atoms with van der Waals surface area (Å²) < 4.78 is 5.27. The quantitative estimate of drug-likeness (QED) is 0.791. The van der Waals surface area contributed by atoms with Crippen LogP contribution in [0.25, 0.3) is 0 Å². The lowest BCUT2D eigenvalue weighted by molar-refractivity contribution is -0.126. The van der Waals surface area contributed by atoms with Crippen LogP contribution in [0, 0.1) is 5.92 Å². The number of rotatable bonds is 4. The summed E-state index contributed by atoms with van der Waals surface area (Å²) in [6.07, 6.45) is -0.530. The van der Waals surface area contributed by atoms with Gasteiger partial charge in [0.1, 0.15) is 12.2 Å². The molecule has 1 aromatic heterocycles. The van der Waals surface area contributed by atoms with Gasteiger partial charge in [-0.1, -0.05) is 13.8 Å². The number of nitrogens with zero attached hydrogens (tertiary/aromatic N) is 3. The first kappa shape index (κ1) is 15.8. The van der Waals surface area contributed by atoms with Crippen LogP contribution in [0.4, 0.5) is 0 Å². The SMILES string of the molecule is CC(C)CN(C(=O)c1cccnn1)[C@@H]1COC[C@@H](O)[C@H]1O. The van der Waals surface area contributed by atoms with Crippen LogP contribution in [0.15, 0.2) is 18.3 Å². The Bertz CT molecular complexity index is 469. The van der Waals surface area contributed by atoms with E-state index >= 15 is 0 Å². The molecule has 1 aliphatic rings. The van der Waals surface area contributed by atoms with Gasteiger partial charge in [0.25, 0.3) is 5.91 Å². The van der Waals surface area contributed by atoms with Crippen LogP contribution < -0.4 is 0 Å².